The molecule has 1 aromatic rings. The third-order valence-electron chi connectivity index (χ3n) is 2.55. The second kappa shape index (κ2) is 6.63. The molecule has 0 bridgehead atoms. The number of ether oxygens (including phenoxy) is 1. The Morgan fingerprint density at radius 3 is 2.80 bits per heavy atom. The fourth-order valence-electron chi connectivity index (χ4n) is 1.67. The molecule has 0 radical (unpaired) electrons. The third-order valence-corrected chi connectivity index (χ3v) is 4.33. The minimum Gasteiger partial charge on any atom is -0.385 e. The molecule has 0 saturated carbocycles. The monoisotopic (exact) mass is 291 g/mol. The van der Waals surface area contributed by atoms with E-state index in [1.54, 1.807) is 18.4 Å². The van der Waals surface area contributed by atoms with Crippen LogP contribution in [0.1, 0.15) is 24.3 Å². The van der Waals surface area contributed by atoms with Crippen molar-refractivity contribution in [1.29, 1.82) is 0 Å². The highest BCUT2D eigenvalue weighted by Gasteiger charge is 2.18. The standard InChI is InChI=1S/C11H18BrNOS/c1-8(4-5-14-3)11(13-2)10-6-9(12)7-15-10/h6-8,11,13H,4-5H2,1-3H3. The predicted molar refractivity (Wildman–Crippen MR) is 69.5 cm³/mol. The number of rotatable bonds is 6. The number of nitrogens with one attached hydrogen (secondary N) is 1. The Morgan fingerprint density at radius 2 is 2.33 bits per heavy atom. The molecular weight excluding hydrogens is 274 g/mol. The van der Waals surface area contributed by atoms with E-state index < -0.39 is 0 Å². The van der Waals surface area contributed by atoms with Crippen molar-refractivity contribution in [1.82, 2.24) is 5.32 Å². The Bertz CT molecular complexity index is 290. The number of halogens is 1. The summed E-state index contributed by atoms with van der Waals surface area (Å²) in [5, 5.41) is 5.50. The van der Waals surface area contributed by atoms with Gasteiger partial charge in [0.1, 0.15) is 0 Å². The van der Waals surface area contributed by atoms with Gasteiger partial charge in [0.2, 0.25) is 0 Å². The van der Waals surface area contributed by atoms with Crippen molar-refractivity contribution in [3.8, 4) is 0 Å². The average Bonchev–Trinajstić information content (AvgIpc) is 2.63. The van der Waals surface area contributed by atoms with Crippen molar-refractivity contribution in [3.05, 3.63) is 20.8 Å². The Morgan fingerprint density at radius 1 is 1.60 bits per heavy atom. The van der Waals surface area contributed by atoms with Gasteiger partial charge in [-0.05, 0) is 41.4 Å². The molecule has 2 atom stereocenters. The van der Waals surface area contributed by atoms with Crippen molar-refractivity contribution in [2.24, 2.45) is 5.92 Å². The quantitative estimate of drug-likeness (QED) is 0.867. The molecule has 0 aliphatic carbocycles. The van der Waals surface area contributed by atoms with E-state index in [1.165, 1.54) is 9.35 Å². The van der Waals surface area contributed by atoms with Crippen molar-refractivity contribution >= 4 is 27.3 Å². The van der Waals surface area contributed by atoms with Gasteiger partial charge in [0.05, 0.1) is 0 Å². The highest BCUT2D eigenvalue weighted by atomic mass is 79.9. The Balaban J connectivity index is 2.62. The molecule has 86 valence electrons. The maximum absolute atomic E-state index is 5.11. The molecule has 4 heteroatoms. The topological polar surface area (TPSA) is 21.3 Å². The van der Waals surface area contributed by atoms with E-state index in [9.17, 15) is 0 Å². The van der Waals surface area contributed by atoms with Gasteiger partial charge in [0, 0.05) is 34.5 Å². The highest BCUT2D eigenvalue weighted by Crippen LogP contribution is 2.31. The summed E-state index contributed by atoms with van der Waals surface area (Å²) >= 11 is 5.28. The van der Waals surface area contributed by atoms with Gasteiger partial charge < -0.3 is 10.1 Å². The van der Waals surface area contributed by atoms with Crippen molar-refractivity contribution < 1.29 is 4.74 Å². The zero-order valence-corrected chi connectivity index (χ0v) is 11.8. The fourth-order valence-corrected chi connectivity index (χ4v) is 3.36. The van der Waals surface area contributed by atoms with Crippen LogP contribution in [0.25, 0.3) is 0 Å². The number of methoxy groups -OCH3 is 1. The lowest BCUT2D eigenvalue weighted by Gasteiger charge is -2.22. The molecular formula is C11H18BrNOS. The molecule has 0 spiro atoms. The Kier molecular flexibility index (Phi) is 5.82. The Hall–Kier alpha value is 0.1000. The lowest BCUT2D eigenvalue weighted by atomic mass is 9.97. The SMILES string of the molecule is CNC(c1cc(Br)cs1)C(C)CCOC. The van der Waals surface area contributed by atoms with E-state index >= 15 is 0 Å². The second-order valence-electron chi connectivity index (χ2n) is 3.69. The van der Waals surface area contributed by atoms with Crippen molar-refractivity contribution in [3.63, 3.8) is 0 Å². The first kappa shape index (κ1) is 13.2. The third kappa shape index (κ3) is 3.87. The van der Waals surface area contributed by atoms with Crippen LogP contribution in [0, 0.1) is 5.92 Å². The van der Waals surface area contributed by atoms with E-state index in [2.05, 4.69) is 39.6 Å². The van der Waals surface area contributed by atoms with Crippen LogP contribution < -0.4 is 5.32 Å². The zero-order chi connectivity index (χ0) is 11.3. The van der Waals surface area contributed by atoms with Gasteiger partial charge in [-0.25, -0.2) is 0 Å². The minimum atomic E-state index is 0.427. The summed E-state index contributed by atoms with van der Waals surface area (Å²) in [6.45, 7) is 3.08. The normalized spacial score (nSPS) is 15.2. The summed E-state index contributed by atoms with van der Waals surface area (Å²) in [4.78, 5) is 1.38. The van der Waals surface area contributed by atoms with Crippen LogP contribution in [-0.2, 0) is 4.74 Å². The van der Waals surface area contributed by atoms with Gasteiger partial charge in [-0.1, -0.05) is 6.92 Å². The van der Waals surface area contributed by atoms with E-state index in [0.717, 1.165) is 13.0 Å². The molecule has 0 aromatic carbocycles. The van der Waals surface area contributed by atoms with E-state index in [0.29, 0.717) is 12.0 Å². The smallest absolute Gasteiger partial charge is 0.0465 e. The first-order valence-electron chi connectivity index (χ1n) is 5.09. The predicted octanol–water partition coefficient (Wildman–Crippen LogP) is 3.44. The molecule has 2 unspecified atom stereocenters. The molecule has 0 aliphatic rings. The maximum atomic E-state index is 5.11. The molecule has 0 fully saturated rings. The van der Waals surface area contributed by atoms with Gasteiger partial charge in [-0.15, -0.1) is 11.3 Å². The van der Waals surface area contributed by atoms with Crippen LogP contribution in [0.4, 0.5) is 0 Å². The molecule has 0 saturated heterocycles. The van der Waals surface area contributed by atoms with Gasteiger partial charge in [-0.2, -0.15) is 0 Å². The van der Waals surface area contributed by atoms with Gasteiger partial charge in [-0.3, -0.25) is 0 Å². The van der Waals surface area contributed by atoms with E-state index in [4.69, 9.17) is 4.74 Å². The molecule has 1 N–H and O–H groups in total. The molecule has 15 heavy (non-hydrogen) atoms. The largest absolute Gasteiger partial charge is 0.385 e. The number of hydrogen-bond acceptors (Lipinski definition) is 3. The van der Waals surface area contributed by atoms with Crippen LogP contribution in [0.2, 0.25) is 0 Å². The van der Waals surface area contributed by atoms with Gasteiger partial charge in [0.15, 0.2) is 0 Å². The molecule has 1 aromatic heterocycles. The molecule has 2 nitrogen and oxygen atoms in total. The average molecular weight is 292 g/mol. The molecule has 1 heterocycles. The molecule has 0 amide bonds. The van der Waals surface area contributed by atoms with Crippen LogP contribution in [0.5, 0.6) is 0 Å². The second-order valence-corrected chi connectivity index (χ2v) is 5.55. The lowest BCUT2D eigenvalue weighted by molar-refractivity contribution is 0.171. The minimum absolute atomic E-state index is 0.427. The van der Waals surface area contributed by atoms with Crippen LogP contribution in [0.15, 0.2) is 15.9 Å². The summed E-state index contributed by atoms with van der Waals surface area (Å²) in [6.07, 6.45) is 1.08. The van der Waals surface area contributed by atoms with Crippen molar-refractivity contribution in [2.45, 2.75) is 19.4 Å². The number of hydrogen-bond donors (Lipinski definition) is 1. The van der Waals surface area contributed by atoms with Crippen LogP contribution in [-0.4, -0.2) is 20.8 Å². The van der Waals surface area contributed by atoms with Crippen LogP contribution in [0.3, 0.4) is 0 Å². The van der Waals surface area contributed by atoms with E-state index in [1.807, 2.05) is 7.05 Å². The van der Waals surface area contributed by atoms with Crippen molar-refractivity contribution in [2.75, 3.05) is 20.8 Å². The summed E-state index contributed by atoms with van der Waals surface area (Å²) < 4.78 is 6.28. The summed E-state index contributed by atoms with van der Waals surface area (Å²) in [5.41, 5.74) is 0. The maximum Gasteiger partial charge on any atom is 0.0465 e. The number of thiophene rings is 1. The first-order chi connectivity index (χ1) is 7.19. The molecule has 0 aliphatic heterocycles. The lowest BCUT2D eigenvalue weighted by Crippen LogP contribution is -2.23. The molecule has 1 rings (SSSR count). The zero-order valence-electron chi connectivity index (χ0n) is 9.42. The highest BCUT2D eigenvalue weighted by molar-refractivity contribution is 9.10. The van der Waals surface area contributed by atoms with Gasteiger partial charge >= 0.3 is 0 Å². The first-order valence-corrected chi connectivity index (χ1v) is 6.76. The summed E-state index contributed by atoms with van der Waals surface area (Å²) in [7, 11) is 3.77. The van der Waals surface area contributed by atoms with E-state index in [-0.39, 0.29) is 0 Å². The van der Waals surface area contributed by atoms with Gasteiger partial charge in [0.25, 0.3) is 0 Å². The summed E-state index contributed by atoms with van der Waals surface area (Å²) in [6, 6.07) is 2.62. The Labute approximate surface area is 104 Å². The fraction of sp³-hybridized carbons (Fsp3) is 0.636. The van der Waals surface area contributed by atoms with Crippen LogP contribution >= 0.6 is 27.3 Å². The summed E-state index contributed by atoms with van der Waals surface area (Å²) in [5.74, 6) is 0.584.